The fourth-order valence-corrected chi connectivity index (χ4v) is 2.82. The van der Waals surface area contributed by atoms with Gasteiger partial charge in [0.2, 0.25) is 0 Å². The summed E-state index contributed by atoms with van der Waals surface area (Å²) in [4.78, 5) is 21.3. The molecule has 1 aliphatic carbocycles. The standard InChI is InChI=1S/C15H5N5O5/c16-5-7-1-9-13(11(3-7)19(22)23)14-10(15(9)18-21)2-8(6-17)4-12(14)20(24)25/h1-4,21H. The maximum Gasteiger partial charge on any atom is 0.279 e. The van der Waals surface area contributed by atoms with Crippen molar-refractivity contribution in [3.8, 4) is 23.3 Å². The zero-order chi connectivity index (χ0) is 18.3. The van der Waals surface area contributed by atoms with Crippen LogP contribution in [0.1, 0.15) is 22.3 Å². The van der Waals surface area contributed by atoms with E-state index in [1.807, 2.05) is 0 Å². The highest BCUT2D eigenvalue weighted by molar-refractivity contribution is 6.27. The molecule has 0 aromatic heterocycles. The Morgan fingerprint density at radius 2 is 1.28 bits per heavy atom. The molecule has 0 bridgehead atoms. The number of nitrogens with zero attached hydrogens (tertiary/aromatic N) is 5. The Labute approximate surface area is 138 Å². The molecule has 1 N–H and O–H groups in total. The first-order valence-corrected chi connectivity index (χ1v) is 6.61. The third-order valence-electron chi connectivity index (χ3n) is 3.75. The van der Waals surface area contributed by atoms with E-state index in [0.29, 0.717) is 0 Å². The van der Waals surface area contributed by atoms with Gasteiger partial charge in [-0.25, -0.2) is 0 Å². The molecule has 0 unspecified atom stereocenters. The number of benzene rings is 2. The molecule has 0 spiro atoms. The van der Waals surface area contributed by atoms with Gasteiger partial charge in [-0.3, -0.25) is 20.2 Å². The third kappa shape index (κ3) is 2.14. The normalized spacial score (nSPS) is 11.0. The topological polar surface area (TPSA) is 166 Å². The van der Waals surface area contributed by atoms with Crippen molar-refractivity contribution in [2.24, 2.45) is 5.16 Å². The van der Waals surface area contributed by atoms with Crippen LogP contribution in [0.5, 0.6) is 0 Å². The van der Waals surface area contributed by atoms with Gasteiger partial charge in [-0.05, 0) is 12.1 Å². The Morgan fingerprint density at radius 3 is 1.56 bits per heavy atom. The number of fused-ring (bicyclic) bond motifs is 3. The molecule has 0 aliphatic heterocycles. The highest BCUT2D eigenvalue weighted by atomic mass is 16.6. The first-order chi connectivity index (χ1) is 11.9. The number of hydrogen-bond acceptors (Lipinski definition) is 8. The van der Waals surface area contributed by atoms with Crippen LogP contribution in [-0.4, -0.2) is 20.8 Å². The summed E-state index contributed by atoms with van der Waals surface area (Å²) in [5.41, 5.74) is -1.58. The van der Waals surface area contributed by atoms with Gasteiger partial charge in [-0.2, -0.15) is 10.5 Å². The van der Waals surface area contributed by atoms with Crippen LogP contribution in [0.2, 0.25) is 0 Å². The van der Waals surface area contributed by atoms with Crippen LogP contribution in [0.15, 0.2) is 29.4 Å². The minimum Gasteiger partial charge on any atom is -0.410 e. The smallest absolute Gasteiger partial charge is 0.279 e. The molecule has 120 valence electrons. The average Bonchev–Trinajstić information content (AvgIpc) is 2.92. The first-order valence-electron chi connectivity index (χ1n) is 6.61. The highest BCUT2D eigenvalue weighted by Crippen LogP contribution is 2.48. The lowest BCUT2D eigenvalue weighted by molar-refractivity contribution is -0.386. The molecule has 0 heterocycles. The Morgan fingerprint density at radius 1 is 0.880 bits per heavy atom. The molecule has 3 rings (SSSR count). The van der Waals surface area contributed by atoms with Crippen LogP contribution in [-0.2, 0) is 0 Å². The summed E-state index contributed by atoms with van der Waals surface area (Å²) < 4.78 is 0. The van der Waals surface area contributed by atoms with Gasteiger partial charge in [0, 0.05) is 23.3 Å². The van der Waals surface area contributed by atoms with Crippen LogP contribution < -0.4 is 0 Å². The van der Waals surface area contributed by atoms with Gasteiger partial charge in [-0.15, -0.1) is 0 Å². The number of nitriles is 2. The summed E-state index contributed by atoms with van der Waals surface area (Å²) >= 11 is 0. The lowest BCUT2D eigenvalue weighted by Crippen LogP contribution is -2.00. The van der Waals surface area contributed by atoms with E-state index < -0.39 is 21.2 Å². The van der Waals surface area contributed by atoms with Crippen molar-refractivity contribution >= 4 is 17.1 Å². The van der Waals surface area contributed by atoms with Gasteiger partial charge in [0.05, 0.1) is 44.2 Å². The Hall–Kier alpha value is -4.31. The number of rotatable bonds is 2. The predicted octanol–water partition coefficient (Wildman–Crippen LogP) is 2.45. The SMILES string of the molecule is N#Cc1cc2c(c([N+](=O)[O-])c1)-c1c(cc(C#N)cc1[N+](=O)[O-])C2=NO. The lowest BCUT2D eigenvalue weighted by atomic mass is 9.99. The third-order valence-corrected chi connectivity index (χ3v) is 3.75. The van der Waals surface area contributed by atoms with Crippen molar-refractivity contribution in [2.45, 2.75) is 0 Å². The first kappa shape index (κ1) is 15.6. The Bertz CT molecular complexity index is 1010. The quantitative estimate of drug-likeness (QED) is 0.426. The molecular formula is C15H5N5O5. The maximum absolute atomic E-state index is 11.4. The van der Waals surface area contributed by atoms with E-state index >= 15 is 0 Å². The Balaban J connectivity index is 2.55. The molecule has 0 saturated carbocycles. The fourth-order valence-electron chi connectivity index (χ4n) is 2.82. The van der Waals surface area contributed by atoms with Gasteiger partial charge in [0.25, 0.3) is 11.4 Å². The summed E-state index contributed by atoms with van der Waals surface area (Å²) in [6, 6.07) is 7.98. The van der Waals surface area contributed by atoms with Crippen LogP contribution in [0, 0.1) is 42.9 Å². The monoisotopic (exact) mass is 335 g/mol. The van der Waals surface area contributed by atoms with Crippen molar-refractivity contribution in [3.63, 3.8) is 0 Å². The molecule has 10 heteroatoms. The predicted molar refractivity (Wildman–Crippen MR) is 82.0 cm³/mol. The van der Waals surface area contributed by atoms with E-state index in [-0.39, 0.29) is 39.1 Å². The van der Waals surface area contributed by atoms with Crippen molar-refractivity contribution < 1.29 is 15.1 Å². The van der Waals surface area contributed by atoms with Crippen LogP contribution >= 0.6 is 0 Å². The second-order valence-electron chi connectivity index (χ2n) is 5.02. The zero-order valence-electron chi connectivity index (χ0n) is 12.1. The van der Waals surface area contributed by atoms with Crippen LogP contribution in [0.25, 0.3) is 11.1 Å². The van der Waals surface area contributed by atoms with Crippen LogP contribution in [0.3, 0.4) is 0 Å². The van der Waals surface area contributed by atoms with E-state index in [9.17, 15) is 25.4 Å². The molecule has 0 amide bonds. The summed E-state index contributed by atoms with van der Waals surface area (Å²) in [5.74, 6) is 0. The van der Waals surface area contributed by atoms with Gasteiger partial charge in [0.1, 0.15) is 5.71 Å². The molecule has 1 aliphatic rings. The summed E-state index contributed by atoms with van der Waals surface area (Å²) in [5, 5.41) is 53.3. The molecule has 25 heavy (non-hydrogen) atoms. The Kier molecular flexibility index (Phi) is 3.37. The van der Waals surface area contributed by atoms with Crippen molar-refractivity contribution in [2.75, 3.05) is 0 Å². The van der Waals surface area contributed by atoms with E-state index in [4.69, 9.17) is 10.5 Å². The van der Waals surface area contributed by atoms with Crippen LogP contribution in [0.4, 0.5) is 11.4 Å². The molecule has 10 nitrogen and oxygen atoms in total. The zero-order valence-corrected chi connectivity index (χ0v) is 12.1. The molecular weight excluding hydrogens is 330 g/mol. The van der Waals surface area contributed by atoms with Crippen molar-refractivity contribution in [1.29, 1.82) is 10.5 Å². The second-order valence-corrected chi connectivity index (χ2v) is 5.02. The van der Waals surface area contributed by atoms with E-state index in [1.54, 1.807) is 12.1 Å². The van der Waals surface area contributed by atoms with Crippen molar-refractivity contribution in [3.05, 3.63) is 66.7 Å². The fraction of sp³-hybridized carbons (Fsp3) is 0. The minimum atomic E-state index is -0.772. The number of nitro groups is 2. The maximum atomic E-state index is 11.4. The van der Waals surface area contributed by atoms with E-state index in [1.165, 1.54) is 12.1 Å². The summed E-state index contributed by atoms with van der Waals surface area (Å²) in [6.07, 6.45) is 0. The molecule has 0 fully saturated rings. The largest absolute Gasteiger partial charge is 0.410 e. The van der Waals surface area contributed by atoms with Gasteiger partial charge < -0.3 is 5.21 Å². The average molecular weight is 335 g/mol. The van der Waals surface area contributed by atoms with E-state index in [2.05, 4.69) is 5.16 Å². The van der Waals surface area contributed by atoms with Gasteiger partial charge in [-0.1, -0.05) is 5.16 Å². The number of hydrogen-bond donors (Lipinski definition) is 1. The molecule has 0 radical (unpaired) electrons. The highest BCUT2D eigenvalue weighted by Gasteiger charge is 2.38. The minimum absolute atomic E-state index is 0.0152. The lowest BCUT2D eigenvalue weighted by Gasteiger charge is -2.04. The van der Waals surface area contributed by atoms with Crippen molar-refractivity contribution in [1.82, 2.24) is 0 Å². The molecule has 0 atom stereocenters. The number of nitro benzene ring substituents is 2. The van der Waals surface area contributed by atoms with E-state index in [0.717, 1.165) is 12.1 Å². The summed E-state index contributed by atoms with van der Waals surface area (Å²) in [7, 11) is 0. The second kappa shape index (κ2) is 5.40. The van der Waals surface area contributed by atoms with Gasteiger partial charge >= 0.3 is 0 Å². The summed E-state index contributed by atoms with van der Waals surface area (Å²) in [6.45, 7) is 0. The van der Waals surface area contributed by atoms with Gasteiger partial charge in [0.15, 0.2) is 0 Å². The number of oxime groups is 1. The molecule has 2 aromatic carbocycles. The molecule has 2 aromatic rings. The molecule has 0 saturated heterocycles.